The number of aromatic nitrogens is 6. The molecule has 510 valence electrons. The van der Waals surface area contributed by atoms with Crippen LogP contribution in [0.2, 0.25) is 0 Å². The van der Waals surface area contributed by atoms with E-state index in [4.69, 9.17) is 83.4 Å². The highest BCUT2D eigenvalue weighted by Gasteiger charge is 2.63. The van der Waals surface area contributed by atoms with Crippen LogP contribution in [0.4, 0.5) is 14.4 Å². The minimum atomic E-state index is -5.58. The Hall–Kier alpha value is -4.20. The zero-order chi connectivity index (χ0) is 69.1. The number of carbonyl (C=O) groups excluding carboxylic acids is 3. The first kappa shape index (κ1) is 83.8. The van der Waals surface area contributed by atoms with Crippen LogP contribution in [0.5, 0.6) is 0 Å². The molecule has 0 aromatic carbocycles. The van der Waals surface area contributed by atoms with Gasteiger partial charge in [0.25, 0.3) is 5.08 Å². The van der Waals surface area contributed by atoms with Gasteiger partial charge in [0, 0.05) is 32.0 Å². The summed E-state index contributed by atoms with van der Waals surface area (Å²) in [6, 6.07) is 0. The zero-order valence-electron chi connectivity index (χ0n) is 49.1. The number of epoxide rings is 1. The Morgan fingerprint density at radius 3 is 1.27 bits per heavy atom. The molecule has 1 aliphatic heterocycles. The molecule has 46 heteroatoms. The molecule has 0 aliphatic carbocycles. The number of imidazole rings is 3. The van der Waals surface area contributed by atoms with Crippen LogP contribution in [0.25, 0.3) is 0 Å². The molecule has 3 amide bonds. The van der Waals surface area contributed by atoms with E-state index in [0.717, 1.165) is 26.6 Å². The van der Waals surface area contributed by atoms with Gasteiger partial charge < -0.3 is 129 Å². The number of aliphatic hydroxyl groups is 5. The highest BCUT2D eigenvalue weighted by Crippen LogP contribution is 2.69. The standard InChI is InChI=1S/C13H25N3O10P2.C8H17N3O8P2.C8H15NO3.C8H15NO2.C5H10N2O7P2/c1-12(2,3)26-11(18)14-6-10(17)7-15-4-5-16(9-15)8-13(19,27(20,21)22)28(23,24)25;9-3-7(12)4-10-1-2-11(6-10)5-8(13,20(14,15)16)21(17,18)19;1-8(2,3)12-7(10)9-4-6-5-11-6;1-5-6-9-7(10)11-8(2,3)4;8-5(15(9,10)11,16(12,13)14)3-7-2-1-6-4-7/h4-5,9-10,17,19H,6-8H2,1-3H3,(H4-,14,18,20,21,22,23,24,25);1-2,6-7,12-13H,3-5,9H2,(H3-,14,15,16,17,18,19);6H,4-5H2,1-3H3,(H,9,10);5H,1,6H2,2-4H3,(H,9,10);1-2,4,8H,3H2,(H2,9,10,11)(H2,12,13,14)/p+2. The maximum absolute atomic E-state index is 11.5. The van der Waals surface area contributed by atoms with Crippen LogP contribution in [-0.4, -0.2) is 204 Å². The number of nitrogens with zero attached hydrogens (tertiary/aromatic N) is 6. The zero-order valence-corrected chi connectivity index (χ0v) is 54.5. The topological polar surface area (TPSA) is 635 Å². The summed E-state index contributed by atoms with van der Waals surface area (Å²) in [5.74, 6) is 0. The van der Waals surface area contributed by atoms with Crippen LogP contribution in [0.1, 0.15) is 62.3 Å². The van der Waals surface area contributed by atoms with Crippen LogP contribution >= 0.6 is 45.6 Å². The van der Waals surface area contributed by atoms with Gasteiger partial charge >= 0.3 is 74.0 Å². The Balaban J connectivity index is 0.00000112. The van der Waals surface area contributed by atoms with Crippen molar-refractivity contribution in [2.45, 2.75) is 145 Å². The lowest BCUT2D eigenvalue weighted by molar-refractivity contribution is -0.703. The molecular formula is C42H84N10O30P6+2. The Labute approximate surface area is 503 Å². The van der Waals surface area contributed by atoms with Crippen molar-refractivity contribution in [2.75, 3.05) is 32.8 Å². The normalized spacial score (nSPS) is 15.1. The SMILES string of the molecule is C=CCNC(=O)OC(C)(C)C.CC(C)(C)OC(=O)NCC(O)Cn1cc[n+](CC(O)(P(=O)(O)O)P(=O)(O)O)c1.CC(C)(C)OC(=O)NCC1CO1.NCC(O)Cn1cc[n+](CC(O)(P(=O)(O)O)P(=O)(O)O)c1.O=P(O)(O)C(O)(Cn1ccnc1)P(=O)(O)O. The lowest BCUT2D eigenvalue weighted by Crippen LogP contribution is -2.46. The third kappa shape index (κ3) is 30.7. The lowest BCUT2D eigenvalue weighted by atomic mass is 10.2. The molecule has 4 rings (SSSR count). The molecule has 3 unspecified atom stereocenters. The fraction of sp³-hybridized carbons (Fsp3) is 0.667. The highest BCUT2D eigenvalue weighted by atomic mass is 31.3. The number of amides is 3. The number of nitrogens with one attached hydrogen (secondary N) is 3. The van der Waals surface area contributed by atoms with Gasteiger partial charge in [-0.15, -0.1) is 6.58 Å². The molecule has 0 radical (unpaired) electrons. The largest absolute Gasteiger partial charge is 0.444 e. The second kappa shape index (κ2) is 33.4. The van der Waals surface area contributed by atoms with Gasteiger partial charge in [0.15, 0.2) is 0 Å². The van der Waals surface area contributed by atoms with Crippen LogP contribution in [0.15, 0.2) is 68.8 Å². The summed E-state index contributed by atoms with van der Waals surface area (Å²) in [7, 11) is -33.0. The van der Waals surface area contributed by atoms with E-state index >= 15 is 0 Å². The van der Waals surface area contributed by atoms with Gasteiger partial charge in [0.05, 0.1) is 32.1 Å². The smallest absolute Gasteiger partial charge is 0.407 e. The fourth-order valence-corrected chi connectivity index (χ4v) is 11.9. The summed E-state index contributed by atoms with van der Waals surface area (Å²) in [5.41, 5.74) is 3.68. The first-order chi connectivity index (χ1) is 39.4. The second-order valence-electron chi connectivity index (χ2n) is 21.8. The fourth-order valence-electron chi connectivity index (χ4n) is 5.77. The minimum Gasteiger partial charge on any atom is -0.444 e. The van der Waals surface area contributed by atoms with Gasteiger partial charge in [-0.1, -0.05) is 6.08 Å². The third-order valence-corrected chi connectivity index (χ3v) is 21.2. The maximum atomic E-state index is 11.5. The van der Waals surface area contributed by atoms with Gasteiger partial charge in [-0.05, 0) is 62.3 Å². The van der Waals surface area contributed by atoms with Gasteiger partial charge in [0.1, 0.15) is 80.0 Å². The number of nitrogens with two attached hydrogens (primary N) is 1. The quantitative estimate of drug-likeness (QED) is 0.0150. The highest BCUT2D eigenvalue weighted by molar-refractivity contribution is 7.73. The molecule has 88 heavy (non-hydrogen) atoms. The lowest BCUT2D eigenvalue weighted by Gasteiger charge is -2.29. The molecule has 4 heterocycles. The van der Waals surface area contributed by atoms with Gasteiger partial charge in [-0.25, -0.2) is 37.6 Å². The summed E-state index contributed by atoms with van der Waals surface area (Å²) in [4.78, 5) is 145. The van der Waals surface area contributed by atoms with Crippen LogP contribution in [0, 0.1) is 0 Å². The first-order valence-electron chi connectivity index (χ1n) is 25.1. The van der Waals surface area contributed by atoms with E-state index in [2.05, 4.69) is 27.5 Å². The van der Waals surface area contributed by atoms with Crippen molar-refractivity contribution < 1.29 is 154 Å². The van der Waals surface area contributed by atoms with Gasteiger partial charge in [-0.2, -0.15) is 0 Å². The van der Waals surface area contributed by atoms with Gasteiger partial charge in [-0.3, -0.25) is 27.4 Å². The molecule has 3 aromatic heterocycles. The van der Waals surface area contributed by atoms with E-state index < -0.39 is 122 Å². The van der Waals surface area contributed by atoms with Crippen molar-refractivity contribution in [1.82, 2.24) is 34.6 Å². The molecule has 3 atom stereocenters. The Bertz CT molecular complexity index is 2910. The molecule has 40 nitrogen and oxygen atoms in total. The van der Waals surface area contributed by atoms with Crippen molar-refractivity contribution >= 4 is 63.9 Å². The molecular weight excluding hydrogens is 1310 g/mol. The average molecular weight is 1400 g/mol. The van der Waals surface area contributed by atoms with Crippen LogP contribution < -0.4 is 30.8 Å². The van der Waals surface area contributed by atoms with E-state index in [1.54, 1.807) is 26.8 Å². The number of carbonyl (C=O) groups is 3. The van der Waals surface area contributed by atoms with Crippen molar-refractivity contribution in [3.05, 3.63) is 68.8 Å². The number of rotatable bonds is 23. The molecule has 0 bridgehead atoms. The number of ether oxygens (including phenoxy) is 4. The van der Waals surface area contributed by atoms with E-state index in [9.17, 15) is 67.3 Å². The number of hydrogen-bond donors (Lipinski definition) is 21. The molecule has 0 spiro atoms. The third-order valence-electron chi connectivity index (χ3n) is 10.1. The van der Waals surface area contributed by atoms with E-state index in [1.807, 2.05) is 41.5 Å². The Morgan fingerprint density at radius 2 is 0.966 bits per heavy atom. The summed E-state index contributed by atoms with van der Waals surface area (Å²) in [6.07, 6.45) is 9.46. The van der Waals surface area contributed by atoms with Crippen LogP contribution in [-0.2, 0) is 79.1 Å². The predicted molar refractivity (Wildman–Crippen MR) is 302 cm³/mol. The maximum Gasteiger partial charge on any atom is 0.407 e. The molecule has 22 N–H and O–H groups in total. The Morgan fingerprint density at radius 1 is 0.614 bits per heavy atom. The second-order valence-corrected chi connectivity index (χ2v) is 33.8. The monoisotopic (exact) mass is 1390 g/mol. The number of aliphatic hydroxyl groups excluding tert-OH is 2. The summed E-state index contributed by atoms with van der Waals surface area (Å²) < 4.78 is 92.6. The van der Waals surface area contributed by atoms with Crippen molar-refractivity contribution in [3.8, 4) is 0 Å². The molecule has 1 saturated heterocycles. The van der Waals surface area contributed by atoms with Crippen molar-refractivity contribution in [2.24, 2.45) is 5.73 Å². The van der Waals surface area contributed by atoms with Gasteiger partial charge in [0.2, 0.25) is 12.7 Å². The average Bonchev–Trinajstić information content (AvgIpc) is 3.65. The molecule has 3 aromatic rings. The number of hydrogen-bond acceptors (Lipinski definition) is 20. The summed E-state index contributed by atoms with van der Waals surface area (Å²) in [6.45, 7) is 18.0. The summed E-state index contributed by atoms with van der Waals surface area (Å²) >= 11 is 0. The van der Waals surface area contributed by atoms with Crippen molar-refractivity contribution in [1.29, 1.82) is 0 Å². The van der Waals surface area contributed by atoms with E-state index in [-0.39, 0.29) is 38.4 Å². The molecule has 0 saturated carbocycles. The minimum absolute atomic E-state index is 0.00686. The van der Waals surface area contributed by atoms with Crippen molar-refractivity contribution in [3.63, 3.8) is 0 Å². The first-order valence-corrected chi connectivity index (χ1v) is 34.8. The number of alkyl carbamates (subject to hydrolysis) is 3. The predicted octanol–water partition coefficient (Wildman–Crippen LogP) is -2.75. The molecule has 1 fully saturated rings. The Kier molecular flexibility index (Phi) is 31.8. The van der Waals surface area contributed by atoms with E-state index in [0.29, 0.717) is 13.1 Å². The molecule has 1 aliphatic rings. The van der Waals surface area contributed by atoms with Crippen LogP contribution in [0.3, 0.4) is 0 Å². The summed E-state index contributed by atoms with van der Waals surface area (Å²) in [5, 5.41) is 45.4. The van der Waals surface area contributed by atoms with E-state index in [1.165, 1.54) is 59.0 Å².